The van der Waals surface area contributed by atoms with Gasteiger partial charge in [0.15, 0.2) is 0 Å². The second-order valence-electron chi connectivity index (χ2n) is 6.05. The molecule has 0 radical (unpaired) electrons. The summed E-state index contributed by atoms with van der Waals surface area (Å²) in [6.07, 6.45) is 2.36. The van der Waals surface area contributed by atoms with Gasteiger partial charge in [-0.2, -0.15) is 0 Å². The Kier molecular flexibility index (Phi) is 5.73. The third-order valence-corrected chi connectivity index (χ3v) is 4.62. The SMILES string of the molecule is CNC(CCN(C)C1CCOC1C)c1ccc(C)c(F)c1. The third-order valence-electron chi connectivity index (χ3n) is 4.62. The van der Waals surface area contributed by atoms with E-state index in [0.717, 1.165) is 31.6 Å². The molecule has 3 unspecified atom stereocenters. The first-order chi connectivity index (χ1) is 10.0. The molecule has 1 heterocycles. The van der Waals surface area contributed by atoms with Gasteiger partial charge >= 0.3 is 0 Å². The highest BCUT2D eigenvalue weighted by molar-refractivity contribution is 5.25. The maximum Gasteiger partial charge on any atom is 0.126 e. The van der Waals surface area contributed by atoms with E-state index in [4.69, 9.17) is 4.74 Å². The molecule has 118 valence electrons. The summed E-state index contributed by atoms with van der Waals surface area (Å²) in [4.78, 5) is 2.37. The third kappa shape index (κ3) is 4.02. The Balaban J connectivity index is 1.94. The molecule has 1 aliphatic rings. The second kappa shape index (κ2) is 7.34. The Hall–Kier alpha value is -0.970. The first-order valence-corrected chi connectivity index (χ1v) is 7.78. The van der Waals surface area contributed by atoms with E-state index in [1.807, 2.05) is 19.2 Å². The fraction of sp³-hybridized carbons (Fsp3) is 0.647. The highest BCUT2D eigenvalue weighted by atomic mass is 19.1. The Labute approximate surface area is 127 Å². The molecule has 0 amide bonds. The Morgan fingerprint density at radius 3 is 2.81 bits per heavy atom. The lowest BCUT2D eigenvalue weighted by Crippen LogP contribution is -2.38. The van der Waals surface area contributed by atoms with Crippen molar-refractivity contribution in [2.75, 3.05) is 27.2 Å². The Bertz CT molecular complexity index is 466. The van der Waals surface area contributed by atoms with Crippen LogP contribution in [-0.4, -0.2) is 44.3 Å². The standard InChI is InChI=1S/C17H27FN2O/c1-12-5-6-14(11-15(12)18)16(19-3)7-9-20(4)17-8-10-21-13(17)2/h5-6,11,13,16-17,19H,7-10H2,1-4H3. The number of likely N-dealkylation sites (N-methyl/N-ethyl adjacent to an activating group) is 1. The van der Waals surface area contributed by atoms with Gasteiger partial charge in [0.2, 0.25) is 0 Å². The van der Waals surface area contributed by atoms with E-state index in [1.54, 1.807) is 13.0 Å². The predicted octanol–water partition coefficient (Wildman–Crippen LogP) is 2.89. The van der Waals surface area contributed by atoms with Crippen LogP contribution in [0.5, 0.6) is 0 Å². The molecular formula is C17H27FN2O. The molecule has 3 nitrogen and oxygen atoms in total. The number of nitrogens with zero attached hydrogens (tertiary/aromatic N) is 1. The van der Waals surface area contributed by atoms with Crippen molar-refractivity contribution in [3.8, 4) is 0 Å². The molecule has 21 heavy (non-hydrogen) atoms. The van der Waals surface area contributed by atoms with Gasteiger partial charge in [0, 0.05) is 25.2 Å². The van der Waals surface area contributed by atoms with E-state index in [1.165, 1.54) is 0 Å². The Morgan fingerprint density at radius 1 is 1.48 bits per heavy atom. The van der Waals surface area contributed by atoms with Crippen molar-refractivity contribution in [1.29, 1.82) is 0 Å². The van der Waals surface area contributed by atoms with Crippen molar-refractivity contribution < 1.29 is 9.13 Å². The first kappa shape index (κ1) is 16.4. The number of hydrogen-bond donors (Lipinski definition) is 1. The van der Waals surface area contributed by atoms with Crippen LogP contribution in [0.25, 0.3) is 0 Å². The van der Waals surface area contributed by atoms with E-state index in [-0.39, 0.29) is 11.9 Å². The van der Waals surface area contributed by atoms with Crippen molar-refractivity contribution >= 4 is 0 Å². The topological polar surface area (TPSA) is 24.5 Å². The summed E-state index contributed by atoms with van der Waals surface area (Å²) in [6, 6.07) is 6.20. The number of aryl methyl sites for hydroxylation is 1. The van der Waals surface area contributed by atoms with Crippen molar-refractivity contribution in [2.45, 2.75) is 44.9 Å². The van der Waals surface area contributed by atoms with Crippen LogP contribution in [0.4, 0.5) is 4.39 Å². The van der Waals surface area contributed by atoms with Crippen LogP contribution in [0, 0.1) is 12.7 Å². The molecule has 0 aliphatic carbocycles. The van der Waals surface area contributed by atoms with Crippen LogP contribution >= 0.6 is 0 Å². The molecule has 1 aliphatic heterocycles. The summed E-state index contributed by atoms with van der Waals surface area (Å²) in [7, 11) is 4.09. The number of hydrogen-bond acceptors (Lipinski definition) is 3. The lowest BCUT2D eigenvalue weighted by molar-refractivity contribution is 0.0824. The molecule has 1 N–H and O–H groups in total. The minimum absolute atomic E-state index is 0.126. The first-order valence-electron chi connectivity index (χ1n) is 7.78. The van der Waals surface area contributed by atoms with Gasteiger partial charge in [-0.3, -0.25) is 0 Å². The monoisotopic (exact) mass is 294 g/mol. The molecule has 0 saturated carbocycles. The van der Waals surface area contributed by atoms with E-state index >= 15 is 0 Å². The van der Waals surface area contributed by atoms with Crippen LogP contribution in [0.3, 0.4) is 0 Å². The summed E-state index contributed by atoms with van der Waals surface area (Å²) in [5.41, 5.74) is 1.72. The molecule has 4 heteroatoms. The van der Waals surface area contributed by atoms with Gasteiger partial charge in [-0.25, -0.2) is 4.39 Å². The molecule has 0 bridgehead atoms. The van der Waals surface area contributed by atoms with Gasteiger partial charge < -0.3 is 15.0 Å². The quantitative estimate of drug-likeness (QED) is 0.873. The molecule has 1 aromatic carbocycles. The summed E-state index contributed by atoms with van der Waals surface area (Å²) in [5.74, 6) is -0.126. The fourth-order valence-corrected chi connectivity index (χ4v) is 3.10. The zero-order valence-electron chi connectivity index (χ0n) is 13.5. The zero-order valence-corrected chi connectivity index (χ0v) is 13.5. The number of nitrogens with one attached hydrogen (secondary N) is 1. The van der Waals surface area contributed by atoms with Crippen molar-refractivity contribution in [1.82, 2.24) is 10.2 Å². The van der Waals surface area contributed by atoms with E-state index in [9.17, 15) is 4.39 Å². The molecule has 0 spiro atoms. The number of benzene rings is 1. The summed E-state index contributed by atoms with van der Waals surface area (Å²) in [6.45, 7) is 5.76. The minimum Gasteiger partial charge on any atom is -0.377 e. The molecule has 1 saturated heterocycles. The number of rotatable bonds is 6. The lowest BCUT2D eigenvalue weighted by Gasteiger charge is -2.28. The minimum atomic E-state index is -0.126. The maximum absolute atomic E-state index is 13.7. The van der Waals surface area contributed by atoms with Gasteiger partial charge in [-0.15, -0.1) is 0 Å². The molecular weight excluding hydrogens is 267 g/mol. The number of ether oxygens (including phenoxy) is 1. The van der Waals surface area contributed by atoms with Gasteiger partial charge in [-0.05, 0) is 58.0 Å². The smallest absolute Gasteiger partial charge is 0.126 e. The van der Waals surface area contributed by atoms with E-state index in [2.05, 4.69) is 24.2 Å². The Morgan fingerprint density at radius 2 is 2.24 bits per heavy atom. The van der Waals surface area contributed by atoms with Crippen molar-refractivity contribution in [3.63, 3.8) is 0 Å². The number of halogens is 1. The highest BCUT2D eigenvalue weighted by Crippen LogP contribution is 2.22. The average molecular weight is 294 g/mol. The lowest BCUT2D eigenvalue weighted by atomic mass is 10.0. The normalized spacial score (nSPS) is 23.7. The van der Waals surface area contributed by atoms with Crippen LogP contribution < -0.4 is 5.32 Å². The largest absolute Gasteiger partial charge is 0.377 e. The van der Waals surface area contributed by atoms with Crippen LogP contribution in [0.15, 0.2) is 18.2 Å². The predicted molar refractivity (Wildman–Crippen MR) is 84.0 cm³/mol. The van der Waals surface area contributed by atoms with Gasteiger partial charge in [0.05, 0.1) is 6.10 Å². The van der Waals surface area contributed by atoms with Gasteiger partial charge in [0.1, 0.15) is 5.82 Å². The van der Waals surface area contributed by atoms with E-state index in [0.29, 0.717) is 17.7 Å². The molecule has 2 rings (SSSR count). The van der Waals surface area contributed by atoms with Crippen molar-refractivity contribution in [2.24, 2.45) is 0 Å². The molecule has 1 fully saturated rings. The summed E-state index contributed by atoms with van der Waals surface area (Å²) < 4.78 is 19.3. The molecule has 3 atom stereocenters. The maximum atomic E-state index is 13.7. The summed E-state index contributed by atoms with van der Waals surface area (Å²) in [5, 5.41) is 3.30. The molecule has 1 aromatic rings. The highest BCUT2D eigenvalue weighted by Gasteiger charge is 2.27. The fourth-order valence-electron chi connectivity index (χ4n) is 3.10. The average Bonchev–Trinajstić information content (AvgIpc) is 2.89. The van der Waals surface area contributed by atoms with Gasteiger partial charge in [0.25, 0.3) is 0 Å². The van der Waals surface area contributed by atoms with Crippen LogP contribution in [-0.2, 0) is 4.74 Å². The van der Waals surface area contributed by atoms with Crippen molar-refractivity contribution in [3.05, 3.63) is 35.1 Å². The van der Waals surface area contributed by atoms with E-state index < -0.39 is 0 Å². The second-order valence-corrected chi connectivity index (χ2v) is 6.05. The molecule has 0 aromatic heterocycles. The van der Waals surface area contributed by atoms with Crippen LogP contribution in [0.2, 0.25) is 0 Å². The van der Waals surface area contributed by atoms with Gasteiger partial charge in [-0.1, -0.05) is 12.1 Å². The zero-order chi connectivity index (χ0) is 15.4. The van der Waals surface area contributed by atoms with Crippen LogP contribution in [0.1, 0.15) is 36.9 Å². The summed E-state index contributed by atoms with van der Waals surface area (Å²) >= 11 is 0.